The van der Waals surface area contributed by atoms with Gasteiger partial charge in [-0.2, -0.15) is 0 Å². The van der Waals surface area contributed by atoms with E-state index in [0.29, 0.717) is 22.8 Å². The number of rotatable bonds is 3. The van der Waals surface area contributed by atoms with E-state index >= 15 is 0 Å². The van der Waals surface area contributed by atoms with Crippen LogP contribution < -0.4 is 0 Å². The van der Waals surface area contributed by atoms with Gasteiger partial charge in [0.15, 0.2) is 5.78 Å². The number of hydrogen-bond acceptors (Lipinski definition) is 2. The van der Waals surface area contributed by atoms with Crippen molar-refractivity contribution in [1.29, 1.82) is 0 Å². The third-order valence-corrected chi connectivity index (χ3v) is 5.77. The fourth-order valence-corrected chi connectivity index (χ4v) is 4.15. The van der Waals surface area contributed by atoms with E-state index in [2.05, 4.69) is 31.4 Å². The normalized spacial score (nSPS) is 25.1. The molecule has 0 aromatic rings. The zero-order chi connectivity index (χ0) is 20.8. The van der Waals surface area contributed by atoms with Crippen LogP contribution in [0.2, 0.25) is 0 Å². The summed E-state index contributed by atoms with van der Waals surface area (Å²) in [6.45, 7) is 7.63. The van der Waals surface area contributed by atoms with Gasteiger partial charge >= 0.3 is 0 Å². The van der Waals surface area contributed by atoms with Gasteiger partial charge in [0.25, 0.3) is 0 Å². The molecule has 0 radical (unpaired) electrons. The summed E-state index contributed by atoms with van der Waals surface area (Å²) in [7, 11) is 0. The molecule has 0 heterocycles. The molecule has 0 saturated heterocycles. The van der Waals surface area contributed by atoms with E-state index in [1.165, 1.54) is 5.57 Å². The molecule has 1 N–H and O–H groups in total. The SMILES string of the molecule is C#CC.C/C=C(Cl)\C=C(/C)C1=CC=C(C)CC(C2=C(O)C3CCC(C3)C2=O)=C1. The molecule has 3 heteroatoms. The zero-order valence-corrected chi connectivity index (χ0v) is 17.9. The van der Waals surface area contributed by atoms with E-state index in [4.69, 9.17) is 11.6 Å². The van der Waals surface area contributed by atoms with Crippen molar-refractivity contribution in [3.05, 3.63) is 69.0 Å². The lowest BCUT2D eigenvalue weighted by molar-refractivity contribution is -0.119. The second-order valence-corrected chi connectivity index (χ2v) is 8.04. The van der Waals surface area contributed by atoms with Crippen LogP contribution >= 0.6 is 11.6 Å². The fraction of sp³-hybridized carbons (Fsp3) is 0.400. The van der Waals surface area contributed by atoms with Gasteiger partial charge in [-0.3, -0.25) is 4.79 Å². The van der Waals surface area contributed by atoms with E-state index in [1.807, 2.05) is 32.1 Å². The number of carbonyl (C=O) groups excluding carboxylic acids is 1. The maximum Gasteiger partial charge on any atom is 0.169 e. The molecular weight excluding hydrogens is 368 g/mol. The van der Waals surface area contributed by atoms with Crippen LogP contribution in [0.15, 0.2) is 69.0 Å². The van der Waals surface area contributed by atoms with Crippen LogP contribution in [-0.2, 0) is 4.79 Å². The summed E-state index contributed by atoms with van der Waals surface area (Å²) in [5, 5.41) is 11.4. The van der Waals surface area contributed by atoms with Crippen molar-refractivity contribution < 1.29 is 9.90 Å². The van der Waals surface area contributed by atoms with Crippen LogP contribution in [-0.4, -0.2) is 10.9 Å². The Labute approximate surface area is 174 Å². The van der Waals surface area contributed by atoms with Crippen LogP contribution in [0.1, 0.15) is 53.4 Å². The molecule has 1 saturated carbocycles. The monoisotopic (exact) mass is 396 g/mol. The van der Waals surface area contributed by atoms with Crippen molar-refractivity contribution in [1.82, 2.24) is 0 Å². The Morgan fingerprint density at radius 1 is 1.32 bits per heavy atom. The van der Waals surface area contributed by atoms with E-state index in [0.717, 1.165) is 36.0 Å². The topological polar surface area (TPSA) is 37.3 Å². The van der Waals surface area contributed by atoms with Crippen molar-refractivity contribution >= 4 is 17.4 Å². The minimum Gasteiger partial charge on any atom is -0.511 e. The third-order valence-electron chi connectivity index (χ3n) is 5.45. The number of Topliss-reactive ketones (excluding diaryl/α,β-unsaturated/α-hetero) is 1. The molecule has 148 valence electrons. The Morgan fingerprint density at radius 3 is 2.61 bits per heavy atom. The Balaban J connectivity index is 0.000000878. The van der Waals surface area contributed by atoms with Crippen molar-refractivity contribution in [2.24, 2.45) is 11.8 Å². The maximum atomic E-state index is 12.9. The average molecular weight is 397 g/mol. The number of hydrogen-bond donors (Lipinski definition) is 1. The van der Waals surface area contributed by atoms with Crippen LogP contribution in [0, 0.1) is 24.2 Å². The maximum absolute atomic E-state index is 12.9. The smallest absolute Gasteiger partial charge is 0.169 e. The number of fused-ring (bicyclic) bond motifs is 2. The number of aliphatic hydroxyl groups excluding tert-OH is 1. The summed E-state index contributed by atoms with van der Waals surface area (Å²) in [4.78, 5) is 12.9. The van der Waals surface area contributed by atoms with Gasteiger partial charge in [-0.25, -0.2) is 0 Å². The van der Waals surface area contributed by atoms with Gasteiger partial charge in [0, 0.05) is 16.9 Å². The summed E-state index contributed by atoms with van der Waals surface area (Å²) < 4.78 is 0. The Kier molecular flexibility index (Phi) is 7.72. The number of halogens is 1. The minimum absolute atomic E-state index is 0.0888. The second kappa shape index (κ2) is 9.80. The van der Waals surface area contributed by atoms with Crippen LogP contribution in [0.5, 0.6) is 0 Å². The molecule has 0 aromatic carbocycles. The van der Waals surface area contributed by atoms with Crippen molar-refractivity contribution in [2.75, 3.05) is 0 Å². The highest BCUT2D eigenvalue weighted by Crippen LogP contribution is 2.45. The number of allylic oxidation sites excluding steroid dienone is 12. The molecule has 3 aliphatic rings. The Morgan fingerprint density at radius 2 is 1.96 bits per heavy atom. The first-order chi connectivity index (χ1) is 13.3. The fourth-order valence-electron chi connectivity index (χ4n) is 3.98. The number of aliphatic hydroxyl groups is 1. The predicted octanol–water partition coefficient (Wildman–Crippen LogP) is 6.73. The van der Waals surface area contributed by atoms with Crippen molar-refractivity contribution in [3.8, 4) is 12.3 Å². The highest BCUT2D eigenvalue weighted by atomic mass is 35.5. The highest BCUT2D eigenvalue weighted by Gasteiger charge is 2.41. The summed E-state index contributed by atoms with van der Waals surface area (Å²) in [5.74, 6) is 2.94. The number of carbonyl (C=O) groups is 1. The summed E-state index contributed by atoms with van der Waals surface area (Å²) in [5.41, 5.74) is 4.75. The van der Waals surface area contributed by atoms with Gasteiger partial charge in [0.05, 0.1) is 5.57 Å². The standard InChI is InChI=1S/C22H25ClO2.C3H4/c1-4-19(23)10-14(3)15-6-5-13(2)9-18(11-15)20-21(24)16-7-8-17(12-16)22(20)25;1-3-2/h4-6,10-11,16-17,24H,7-9,12H2,1-3H3;1H,2H3/b14-10+,19-4+;. The lowest BCUT2D eigenvalue weighted by Gasteiger charge is -2.23. The lowest BCUT2D eigenvalue weighted by atomic mass is 9.81. The van der Waals surface area contributed by atoms with Crippen molar-refractivity contribution in [2.45, 2.75) is 53.4 Å². The van der Waals surface area contributed by atoms with Gasteiger partial charge < -0.3 is 5.11 Å². The summed E-state index contributed by atoms with van der Waals surface area (Å²) >= 11 is 6.14. The molecule has 2 nitrogen and oxygen atoms in total. The minimum atomic E-state index is 0.0888. The van der Waals surface area contributed by atoms with E-state index in [-0.39, 0.29) is 17.6 Å². The molecule has 0 spiro atoms. The first-order valence-electron chi connectivity index (χ1n) is 9.75. The Hall–Kier alpha value is -2.24. The molecule has 2 atom stereocenters. The van der Waals surface area contributed by atoms with Gasteiger partial charge in [-0.05, 0) is 76.2 Å². The zero-order valence-electron chi connectivity index (χ0n) is 17.2. The van der Waals surface area contributed by atoms with E-state index < -0.39 is 0 Å². The highest BCUT2D eigenvalue weighted by molar-refractivity contribution is 6.31. The molecule has 0 aliphatic heterocycles. The predicted molar refractivity (Wildman–Crippen MR) is 118 cm³/mol. The number of terminal acetylenes is 1. The van der Waals surface area contributed by atoms with Gasteiger partial charge in [0.2, 0.25) is 0 Å². The first kappa shape index (κ1) is 22.1. The third kappa shape index (κ3) is 4.97. The summed E-state index contributed by atoms with van der Waals surface area (Å²) in [6, 6.07) is 0. The molecule has 0 amide bonds. The molecular formula is C25H29ClO2. The van der Waals surface area contributed by atoms with E-state index in [9.17, 15) is 9.90 Å². The first-order valence-corrected chi connectivity index (χ1v) is 10.1. The van der Waals surface area contributed by atoms with E-state index in [1.54, 1.807) is 6.92 Å². The molecule has 3 aliphatic carbocycles. The molecule has 2 unspecified atom stereocenters. The Bertz CT molecular complexity index is 869. The largest absolute Gasteiger partial charge is 0.511 e. The average Bonchev–Trinajstić information content (AvgIpc) is 3.02. The molecule has 2 bridgehead atoms. The van der Waals surface area contributed by atoms with Gasteiger partial charge in [0.1, 0.15) is 5.76 Å². The molecule has 28 heavy (non-hydrogen) atoms. The van der Waals surface area contributed by atoms with Gasteiger partial charge in [-0.15, -0.1) is 12.3 Å². The van der Waals surface area contributed by atoms with Crippen LogP contribution in [0.25, 0.3) is 0 Å². The molecule has 1 fully saturated rings. The molecule has 3 rings (SSSR count). The second-order valence-electron chi connectivity index (χ2n) is 7.60. The summed E-state index contributed by atoms with van der Waals surface area (Å²) in [6.07, 6.45) is 17.9. The van der Waals surface area contributed by atoms with Gasteiger partial charge in [-0.1, -0.05) is 41.5 Å². The van der Waals surface area contributed by atoms with Crippen LogP contribution in [0.3, 0.4) is 0 Å². The van der Waals surface area contributed by atoms with Crippen LogP contribution in [0.4, 0.5) is 0 Å². The van der Waals surface area contributed by atoms with Crippen molar-refractivity contribution in [3.63, 3.8) is 0 Å². The number of ketones is 1. The quantitative estimate of drug-likeness (QED) is 0.424. The lowest BCUT2D eigenvalue weighted by Crippen LogP contribution is -2.23. The molecule has 0 aromatic heterocycles.